The maximum Gasteiger partial charge on any atom is 0.257 e. The number of nitro groups is 1. The molecular formula is C10H12Cl3N5O2. The maximum absolute atomic E-state index is 10.4. The number of nitrogens with zero attached hydrogens (tertiary/aromatic N) is 4. The van der Waals surface area contributed by atoms with Gasteiger partial charge in [-0.15, -0.1) is 23.2 Å². The molecule has 0 bridgehead atoms. The Hall–Kier alpha value is -1.31. The molecular weight excluding hydrogens is 329 g/mol. The summed E-state index contributed by atoms with van der Waals surface area (Å²) < 4.78 is 0. The van der Waals surface area contributed by atoms with Gasteiger partial charge in [0.15, 0.2) is 5.03 Å². The SMILES string of the molecule is ClCCl.O=[N+]([O-])NC1=NCCN1Cc1ccc(Cl)nc1. The molecule has 1 aromatic rings. The number of hydrogen-bond donors (Lipinski definition) is 1. The Morgan fingerprint density at radius 3 is 2.70 bits per heavy atom. The Morgan fingerprint density at radius 2 is 2.15 bits per heavy atom. The van der Waals surface area contributed by atoms with Gasteiger partial charge in [0.2, 0.25) is 0 Å². The molecule has 1 aliphatic heterocycles. The third-order valence-corrected chi connectivity index (χ3v) is 2.51. The molecule has 0 atom stereocenters. The quantitative estimate of drug-likeness (QED) is 0.394. The summed E-state index contributed by atoms with van der Waals surface area (Å²) in [4.78, 5) is 20.1. The van der Waals surface area contributed by atoms with Gasteiger partial charge in [-0.2, -0.15) is 0 Å². The molecule has 0 fully saturated rings. The summed E-state index contributed by atoms with van der Waals surface area (Å²) in [6.45, 7) is 1.72. The van der Waals surface area contributed by atoms with E-state index in [-0.39, 0.29) is 11.3 Å². The van der Waals surface area contributed by atoms with Gasteiger partial charge in [0, 0.05) is 19.3 Å². The van der Waals surface area contributed by atoms with Gasteiger partial charge < -0.3 is 4.90 Å². The lowest BCUT2D eigenvalue weighted by atomic mass is 10.3. The minimum Gasteiger partial charge on any atom is -0.332 e. The van der Waals surface area contributed by atoms with Crippen LogP contribution in [0.3, 0.4) is 0 Å². The summed E-state index contributed by atoms with van der Waals surface area (Å²) in [7, 11) is 0. The van der Waals surface area contributed by atoms with Crippen LogP contribution in [0.15, 0.2) is 23.3 Å². The lowest BCUT2D eigenvalue weighted by molar-refractivity contribution is -0.526. The van der Waals surface area contributed by atoms with Crippen molar-refractivity contribution in [3.63, 3.8) is 0 Å². The molecule has 0 unspecified atom stereocenters. The highest BCUT2D eigenvalue weighted by atomic mass is 35.5. The second-order valence-electron chi connectivity index (χ2n) is 3.59. The van der Waals surface area contributed by atoms with E-state index >= 15 is 0 Å². The molecule has 0 spiro atoms. The van der Waals surface area contributed by atoms with Gasteiger partial charge in [-0.25, -0.2) is 20.1 Å². The van der Waals surface area contributed by atoms with E-state index in [0.717, 1.165) is 5.56 Å². The third-order valence-electron chi connectivity index (χ3n) is 2.28. The van der Waals surface area contributed by atoms with E-state index in [1.54, 1.807) is 17.2 Å². The summed E-state index contributed by atoms with van der Waals surface area (Å²) >= 11 is 15.2. The number of hydrogen-bond acceptors (Lipinski definition) is 5. The molecule has 0 aromatic carbocycles. The van der Waals surface area contributed by atoms with E-state index < -0.39 is 5.03 Å². The van der Waals surface area contributed by atoms with E-state index in [2.05, 4.69) is 15.4 Å². The maximum atomic E-state index is 10.4. The third kappa shape index (κ3) is 5.77. The van der Waals surface area contributed by atoms with E-state index in [0.29, 0.717) is 24.8 Å². The van der Waals surface area contributed by atoms with E-state index in [1.807, 2.05) is 6.07 Å². The number of aromatic nitrogens is 1. The second-order valence-corrected chi connectivity index (χ2v) is 4.78. The van der Waals surface area contributed by atoms with Crippen LogP contribution >= 0.6 is 34.8 Å². The molecule has 2 heterocycles. The molecule has 110 valence electrons. The second kappa shape index (κ2) is 8.78. The molecule has 10 heteroatoms. The molecule has 1 aromatic heterocycles. The van der Waals surface area contributed by atoms with Crippen molar-refractivity contribution in [1.82, 2.24) is 15.3 Å². The lowest BCUT2D eigenvalue weighted by Crippen LogP contribution is -2.40. The fourth-order valence-electron chi connectivity index (χ4n) is 1.54. The topological polar surface area (TPSA) is 83.7 Å². The van der Waals surface area contributed by atoms with Gasteiger partial charge >= 0.3 is 0 Å². The molecule has 7 nitrogen and oxygen atoms in total. The largest absolute Gasteiger partial charge is 0.332 e. The summed E-state index contributed by atoms with van der Waals surface area (Å²) in [6, 6.07) is 3.52. The zero-order valence-corrected chi connectivity index (χ0v) is 12.6. The Kier molecular flexibility index (Phi) is 7.35. The van der Waals surface area contributed by atoms with E-state index in [4.69, 9.17) is 34.8 Å². The Labute approximate surface area is 130 Å². The zero-order valence-electron chi connectivity index (χ0n) is 10.3. The van der Waals surface area contributed by atoms with Gasteiger partial charge in [0.05, 0.1) is 11.9 Å². The van der Waals surface area contributed by atoms with Crippen molar-refractivity contribution in [1.29, 1.82) is 0 Å². The van der Waals surface area contributed by atoms with Crippen LogP contribution in [0.2, 0.25) is 5.15 Å². The minimum absolute atomic E-state index is 0.194. The van der Waals surface area contributed by atoms with Crippen molar-refractivity contribution in [3.05, 3.63) is 39.2 Å². The van der Waals surface area contributed by atoms with Crippen LogP contribution in [0.1, 0.15) is 5.56 Å². The average molecular weight is 341 g/mol. The van der Waals surface area contributed by atoms with Crippen LogP contribution in [-0.2, 0) is 6.54 Å². The van der Waals surface area contributed by atoms with Crippen LogP contribution < -0.4 is 5.43 Å². The normalized spacial score (nSPS) is 13.3. The van der Waals surface area contributed by atoms with Crippen LogP contribution in [0, 0.1) is 10.1 Å². The number of aliphatic imine (C=N–C) groups is 1. The van der Waals surface area contributed by atoms with Gasteiger partial charge in [-0.3, -0.25) is 0 Å². The highest BCUT2D eigenvalue weighted by molar-refractivity contribution is 6.40. The molecule has 0 saturated carbocycles. The van der Waals surface area contributed by atoms with E-state index in [9.17, 15) is 10.1 Å². The molecule has 20 heavy (non-hydrogen) atoms. The van der Waals surface area contributed by atoms with Gasteiger partial charge in [0.1, 0.15) is 5.15 Å². The first-order chi connectivity index (χ1) is 9.56. The zero-order chi connectivity index (χ0) is 15.0. The fraction of sp³-hybridized carbons (Fsp3) is 0.400. The molecule has 0 saturated heterocycles. The lowest BCUT2D eigenvalue weighted by Gasteiger charge is -2.17. The van der Waals surface area contributed by atoms with Crippen molar-refractivity contribution in [2.45, 2.75) is 6.54 Å². The number of pyridine rings is 1. The molecule has 0 amide bonds. The van der Waals surface area contributed by atoms with Crippen molar-refractivity contribution < 1.29 is 5.03 Å². The Balaban J connectivity index is 0.000000612. The predicted octanol–water partition coefficient (Wildman–Crippen LogP) is 2.11. The molecule has 0 radical (unpaired) electrons. The van der Waals surface area contributed by atoms with Crippen molar-refractivity contribution in [2.75, 3.05) is 18.4 Å². The molecule has 0 aliphatic carbocycles. The van der Waals surface area contributed by atoms with Gasteiger partial charge in [-0.05, 0) is 11.6 Å². The fourth-order valence-corrected chi connectivity index (χ4v) is 1.66. The van der Waals surface area contributed by atoms with Crippen molar-refractivity contribution in [2.24, 2.45) is 4.99 Å². The highest BCUT2D eigenvalue weighted by Crippen LogP contribution is 2.10. The highest BCUT2D eigenvalue weighted by Gasteiger charge is 2.20. The Bertz CT molecular complexity index is 468. The summed E-state index contributed by atoms with van der Waals surface area (Å²) in [5, 5.41) is 10.4. The first-order valence-corrected chi connectivity index (χ1v) is 6.94. The van der Waals surface area contributed by atoms with E-state index in [1.165, 1.54) is 0 Å². The van der Waals surface area contributed by atoms with Crippen LogP contribution in [0.4, 0.5) is 0 Å². The molecule has 1 aliphatic rings. The summed E-state index contributed by atoms with van der Waals surface area (Å²) in [6.07, 6.45) is 1.64. The van der Waals surface area contributed by atoms with Crippen molar-refractivity contribution >= 4 is 40.8 Å². The van der Waals surface area contributed by atoms with Crippen LogP contribution in [0.25, 0.3) is 0 Å². The number of guanidine groups is 1. The number of nitrogens with one attached hydrogen (secondary N) is 1. The van der Waals surface area contributed by atoms with Crippen LogP contribution in [-0.4, -0.2) is 39.3 Å². The monoisotopic (exact) mass is 339 g/mol. The number of halogens is 3. The first-order valence-electron chi connectivity index (χ1n) is 5.49. The van der Waals surface area contributed by atoms with Gasteiger partial charge in [0.25, 0.3) is 5.96 Å². The van der Waals surface area contributed by atoms with Gasteiger partial charge in [-0.1, -0.05) is 23.1 Å². The number of alkyl halides is 2. The molecule has 1 N–H and O–H groups in total. The molecule has 2 rings (SSSR count). The number of rotatable bonds is 3. The van der Waals surface area contributed by atoms with Crippen LogP contribution in [0.5, 0.6) is 0 Å². The number of hydrazine groups is 1. The Morgan fingerprint density at radius 1 is 1.45 bits per heavy atom. The average Bonchev–Trinajstić information content (AvgIpc) is 2.80. The minimum atomic E-state index is -0.614. The first kappa shape index (κ1) is 16.7. The smallest absolute Gasteiger partial charge is 0.257 e. The standard InChI is InChI=1S/C9H10ClN5O2.CH2Cl2/c10-8-2-1-7(5-12-8)6-14-4-3-11-9(14)13-15(16)17;2-1-3/h1-2,5H,3-4,6H2,(H,11,13);1H2. The predicted molar refractivity (Wildman–Crippen MR) is 78.7 cm³/mol. The summed E-state index contributed by atoms with van der Waals surface area (Å²) in [5.41, 5.74) is 3.00. The van der Waals surface area contributed by atoms with Crippen molar-refractivity contribution in [3.8, 4) is 0 Å². The summed E-state index contributed by atoms with van der Waals surface area (Å²) in [5.74, 6) is 0.282.